The van der Waals surface area contributed by atoms with Crippen LogP contribution in [0.15, 0.2) is 64.5 Å². The highest BCUT2D eigenvalue weighted by Gasteiger charge is 2.32. The molecule has 0 radical (unpaired) electrons. The first-order chi connectivity index (χ1) is 13.5. The van der Waals surface area contributed by atoms with Gasteiger partial charge in [0, 0.05) is 38.4 Å². The zero-order chi connectivity index (χ0) is 19.7. The number of sulfonamides is 1. The first-order valence-electron chi connectivity index (χ1n) is 9.10. The molecule has 0 unspecified atom stereocenters. The molecule has 0 saturated carbocycles. The molecule has 0 bridgehead atoms. The number of hydrogen-bond acceptors (Lipinski definition) is 5. The molecule has 1 aromatic carbocycles. The average molecular weight is 399 g/mol. The van der Waals surface area contributed by atoms with E-state index in [4.69, 9.17) is 0 Å². The standard InChI is InChI=1S/C19H21N5O3S/c1-22-19(25)24(16-6-3-2-4-7-16)18(21-22)15-9-12-23(13-10-15)28(26,27)17-8-5-11-20-14-17/h2-8,11,14-15H,9-10,12-13H2,1H3. The van der Waals surface area contributed by atoms with Crippen LogP contribution in [-0.2, 0) is 17.1 Å². The summed E-state index contributed by atoms with van der Waals surface area (Å²) in [5.74, 6) is 0.687. The molecule has 1 saturated heterocycles. The minimum absolute atomic E-state index is 0.00875. The molecule has 4 rings (SSSR count). The molecule has 0 N–H and O–H groups in total. The van der Waals surface area contributed by atoms with Crippen molar-refractivity contribution in [2.75, 3.05) is 13.1 Å². The Morgan fingerprint density at radius 3 is 2.39 bits per heavy atom. The lowest BCUT2D eigenvalue weighted by molar-refractivity contribution is 0.311. The van der Waals surface area contributed by atoms with Crippen LogP contribution in [0.4, 0.5) is 0 Å². The summed E-state index contributed by atoms with van der Waals surface area (Å²) in [5.41, 5.74) is 0.563. The summed E-state index contributed by atoms with van der Waals surface area (Å²) in [6.07, 6.45) is 4.12. The van der Waals surface area contributed by atoms with Gasteiger partial charge >= 0.3 is 5.69 Å². The molecule has 1 fully saturated rings. The van der Waals surface area contributed by atoms with Gasteiger partial charge in [0.15, 0.2) is 0 Å². The lowest BCUT2D eigenvalue weighted by Crippen LogP contribution is -2.38. The van der Waals surface area contributed by atoms with E-state index in [0.717, 1.165) is 5.69 Å². The first kappa shape index (κ1) is 18.6. The van der Waals surface area contributed by atoms with Crippen molar-refractivity contribution in [1.29, 1.82) is 0 Å². The maximum atomic E-state index is 12.8. The van der Waals surface area contributed by atoms with E-state index in [0.29, 0.717) is 31.8 Å². The lowest BCUT2D eigenvalue weighted by atomic mass is 9.97. The van der Waals surface area contributed by atoms with Gasteiger partial charge in [-0.2, -0.15) is 9.40 Å². The summed E-state index contributed by atoms with van der Waals surface area (Å²) in [6, 6.07) is 12.6. The van der Waals surface area contributed by atoms with Crippen LogP contribution in [0.5, 0.6) is 0 Å². The molecule has 8 nitrogen and oxygen atoms in total. The van der Waals surface area contributed by atoms with Crippen LogP contribution in [0.25, 0.3) is 5.69 Å². The Morgan fingerprint density at radius 2 is 1.75 bits per heavy atom. The normalized spacial score (nSPS) is 16.3. The Kier molecular flexibility index (Phi) is 4.86. The second-order valence-electron chi connectivity index (χ2n) is 6.80. The Hall–Kier alpha value is -2.78. The molecule has 28 heavy (non-hydrogen) atoms. The van der Waals surface area contributed by atoms with Gasteiger partial charge < -0.3 is 0 Å². The highest BCUT2D eigenvalue weighted by molar-refractivity contribution is 7.89. The van der Waals surface area contributed by atoms with Crippen molar-refractivity contribution >= 4 is 10.0 Å². The summed E-state index contributed by atoms with van der Waals surface area (Å²) in [7, 11) is -1.92. The number of pyridine rings is 1. The highest BCUT2D eigenvalue weighted by atomic mass is 32.2. The van der Waals surface area contributed by atoms with Crippen molar-refractivity contribution < 1.29 is 8.42 Å². The van der Waals surface area contributed by atoms with E-state index in [-0.39, 0.29) is 16.5 Å². The largest absolute Gasteiger partial charge is 0.350 e. The third-order valence-corrected chi connectivity index (χ3v) is 6.94. The Bertz CT molecular complexity index is 1120. The number of aryl methyl sites for hydroxylation is 1. The van der Waals surface area contributed by atoms with E-state index in [9.17, 15) is 13.2 Å². The number of hydrogen-bond donors (Lipinski definition) is 0. The smallest absolute Gasteiger partial charge is 0.263 e. The van der Waals surface area contributed by atoms with Crippen LogP contribution in [0.1, 0.15) is 24.6 Å². The first-order valence-corrected chi connectivity index (χ1v) is 10.5. The minimum Gasteiger partial charge on any atom is -0.263 e. The zero-order valence-electron chi connectivity index (χ0n) is 15.5. The third-order valence-electron chi connectivity index (χ3n) is 5.06. The molecular formula is C19H21N5O3S. The van der Waals surface area contributed by atoms with E-state index in [1.807, 2.05) is 30.3 Å². The second kappa shape index (κ2) is 7.33. The maximum Gasteiger partial charge on any atom is 0.350 e. The van der Waals surface area contributed by atoms with Crippen molar-refractivity contribution in [2.45, 2.75) is 23.7 Å². The molecule has 1 aliphatic rings. The molecule has 0 amide bonds. The molecule has 0 atom stereocenters. The van der Waals surface area contributed by atoms with Crippen LogP contribution in [0.3, 0.4) is 0 Å². The molecular weight excluding hydrogens is 378 g/mol. The molecule has 9 heteroatoms. The Labute approximate surface area is 163 Å². The van der Waals surface area contributed by atoms with E-state index < -0.39 is 10.0 Å². The van der Waals surface area contributed by atoms with E-state index in [1.165, 1.54) is 15.2 Å². The Balaban J connectivity index is 1.59. The van der Waals surface area contributed by atoms with Gasteiger partial charge in [-0.15, -0.1) is 0 Å². The fraction of sp³-hybridized carbons (Fsp3) is 0.316. The molecule has 0 aliphatic carbocycles. The monoisotopic (exact) mass is 399 g/mol. The van der Waals surface area contributed by atoms with Crippen molar-refractivity contribution in [3.63, 3.8) is 0 Å². The SMILES string of the molecule is Cn1nc(C2CCN(S(=O)(=O)c3cccnc3)CC2)n(-c2ccccc2)c1=O. The number of aromatic nitrogens is 4. The molecule has 146 valence electrons. The number of benzene rings is 1. The fourth-order valence-corrected chi connectivity index (χ4v) is 5.01. The summed E-state index contributed by atoms with van der Waals surface area (Å²) >= 11 is 0. The van der Waals surface area contributed by atoms with E-state index >= 15 is 0 Å². The van der Waals surface area contributed by atoms with Crippen molar-refractivity contribution in [3.8, 4) is 5.69 Å². The van der Waals surface area contributed by atoms with Crippen molar-refractivity contribution in [2.24, 2.45) is 7.05 Å². The van der Waals surface area contributed by atoms with E-state index in [2.05, 4.69) is 10.1 Å². The Morgan fingerprint density at radius 1 is 1.04 bits per heavy atom. The van der Waals surface area contributed by atoms with Gasteiger partial charge in [-0.1, -0.05) is 18.2 Å². The third kappa shape index (κ3) is 3.27. The second-order valence-corrected chi connectivity index (χ2v) is 8.74. The molecule has 0 spiro atoms. The summed E-state index contributed by atoms with van der Waals surface area (Å²) in [4.78, 5) is 16.7. The minimum atomic E-state index is -3.56. The quantitative estimate of drug-likeness (QED) is 0.664. The maximum absolute atomic E-state index is 12.8. The number of piperidine rings is 1. The fourth-order valence-electron chi connectivity index (χ4n) is 3.57. The van der Waals surface area contributed by atoms with Crippen LogP contribution < -0.4 is 5.69 Å². The predicted molar refractivity (Wildman–Crippen MR) is 104 cm³/mol. The molecule has 3 aromatic rings. The zero-order valence-corrected chi connectivity index (χ0v) is 16.3. The van der Waals surface area contributed by atoms with Gasteiger partial charge in [-0.25, -0.2) is 22.5 Å². The van der Waals surface area contributed by atoms with Gasteiger partial charge in [0.25, 0.3) is 0 Å². The molecule has 2 aromatic heterocycles. The van der Waals surface area contributed by atoms with Gasteiger partial charge in [0.1, 0.15) is 10.7 Å². The van der Waals surface area contributed by atoms with E-state index in [1.54, 1.807) is 29.9 Å². The predicted octanol–water partition coefficient (Wildman–Crippen LogP) is 1.53. The van der Waals surface area contributed by atoms with Crippen LogP contribution in [0.2, 0.25) is 0 Å². The number of nitrogens with zero attached hydrogens (tertiary/aromatic N) is 5. The summed E-state index contributed by atoms with van der Waals surface area (Å²) in [6.45, 7) is 0.753. The lowest BCUT2D eigenvalue weighted by Gasteiger charge is -2.30. The highest BCUT2D eigenvalue weighted by Crippen LogP contribution is 2.30. The number of para-hydroxylation sites is 1. The van der Waals surface area contributed by atoms with Crippen LogP contribution in [-0.4, -0.2) is 45.1 Å². The summed E-state index contributed by atoms with van der Waals surface area (Å²) in [5, 5.41) is 4.44. The average Bonchev–Trinajstić information content (AvgIpc) is 3.04. The van der Waals surface area contributed by atoms with Gasteiger partial charge in [0.2, 0.25) is 10.0 Å². The van der Waals surface area contributed by atoms with Gasteiger partial charge in [-0.3, -0.25) is 4.98 Å². The van der Waals surface area contributed by atoms with Gasteiger partial charge in [0.05, 0.1) is 5.69 Å². The van der Waals surface area contributed by atoms with Crippen molar-refractivity contribution in [3.05, 3.63) is 71.2 Å². The van der Waals surface area contributed by atoms with Gasteiger partial charge in [-0.05, 0) is 37.1 Å². The topological polar surface area (TPSA) is 90.1 Å². The summed E-state index contributed by atoms with van der Waals surface area (Å²) < 4.78 is 30.0. The van der Waals surface area contributed by atoms with Crippen molar-refractivity contribution in [1.82, 2.24) is 23.6 Å². The number of rotatable bonds is 4. The van der Waals surface area contributed by atoms with Crippen LogP contribution in [0, 0.1) is 0 Å². The molecule has 3 heterocycles. The molecule has 1 aliphatic heterocycles. The van der Waals surface area contributed by atoms with Crippen LogP contribution >= 0.6 is 0 Å².